The van der Waals surface area contributed by atoms with Crippen LogP contribution in [-0.4, -0.2) is 13.1 Å². The van der Waals surface area contributed by atoms with Crippen molar-refractivity contribution in [2.24, 2.45) is 0 Å². The predicted molar refractivity (Wildman–Crippen MR) is 83.4 cm³/mol. The number of anilines is 2. The Morgan fingerprint density at radius 2 is 1.65 bits per heavy atom. The molecule has 0 spiro atoms. The summed E-state index contributed by atoms with van der Waals surface area (Å²) < 4.78 is 0. The van der Waals surface area contributed by atoms with Crippen molar-refractivity contribution in [2.75, 3.05) is 23.7 Å². The molecule has 0 fully saturated rings. The van der Waals surface area contributed by atoms with Gasteiger partial charge in [-0.05, 0) is 36.2 Å². The standard InChI is InChI=1S/C17H19N3/c18-12-4-13-20(17-5-2-1-3-6-17)14-11-15-7-9-16(19)10-8-15/h1-3,5-10H,4,11,13-14,19H2. The summed E-state index contributed by atoms with van der Waals surface area (Å²) in [5.41, 5.74) is 8.91. The fraction of sp³-hybridized carbons (Fsp3) is 0.235. The van der Waals surface area contributed by atoms with Crippen LogP contribution in [0.3, 0.4) is 0 Å². The lowest BCUT2D eigenvalue weighted by Gasteiger charge is -2.23. The van der Waals surface area contributed by atoms with Gasteiger partial charge in [0.25, 0.3) is 0 Å². The maximum Gasteiger partial charge on any atom is 0.0640 e. The lowest BCUT2D eigenvalue weighted by molar-refractivity contribution is 0.782. The molecule has 2 rings (SSSR count). The largest absolute Gasteiger partial charge is 0.399 e. The summed E-state index contributed by atoms with van der Waals surface area (Å²) in [7, 11) is 0. The lowest BCUT2D eigenvalue weighted by Crippen LogP contribution is -2.26. The molecule has 0 aromatic heterocycles. The second-order valence-corrected chi connectivity index (χ2v) is 4.72. The summed E-state index contributed by atoms with van der Waals surface area (Å²) >= 11 is 0. The molecule has 0 saturated heterocycles. The molecule has 102 valence electrons. The topological polar surface area (TPSA) is 53.0 Å². The average Bonchev–Trinajstić information content (AvgIpc) is 2.50. The molecule has 0 aliphatic carbocycles. The van der Waals surface area contributed by atoms with Gasteiger partial charge in [0, 0.05) is 24.5 Å². The zero-order chi connectivity index (χ0) is 14.2. The van der Waals surface area contributed by atoms with Crippen LogP contribution in [0.4, 0.5) is 11.4 Å². The minimum atomic E-state index is 0.538. The molecule has 0 amide bonds. The third-order valence-electron chi connectivity index (χ3n) is 3.26. The molecule has 0 atom stereocenters. The number of benzene rings is 2. The van der Waals surface area contributed by atoms with Gasteiger partial charge in [0.15, 0.2) is 0 Å². The molecule has 0 heterocycles. The van der Waals surface area contributed by atoms with Crippen molar-refractivity contribution in [1.82, 2.24) is 0 Å². The molecule has 0 radical (unpaired) electrons. The fourth-order valence-corrected chi connectivity index (χ4v) is 2.14. The average molecular weight is 265 g/mol. The molecule has 2 N–H and O–H groups in total. The Kier molecular flexibility index (Phi) is 5.02. The van der Waals surface area contributed by atoms with Gasteiger partial charge < -0.3 is 10.6 Å². The number of nitrogen functional groups attached to an aromatic ring is 1. The van der Waals surface area contributed by atoms with Crippen LogP contribution in [0.15, 0.2) is 54.6 Å². The van der Waals surface area contributed by atoms with Crippen LogP contribution in [0.5, 0.6) is 0 Å². The smallest absolute Gasteiger partial charge is 0.0640 e. The Hall–Kier alpha value is -2.47. The van der Waals surface area contributed by atoms with Gasteiger partial charge in [-0.1, -0.05) is 30.3 Å². The minimum Gasteiger partial charge on any atom is -0.399 e. The molecular weight excluding hydrogens is 246 g/mol. The van der Waals surface area contributed by atoms with Gasteiger partial charge in [-0.2, -0.15) is 5.26 Å². The first-order valence-electron chi connectivity index (χ1n) is 6.81. The highest BCUT2D eigenvalue weighted by molar-refractivity contribution is 5.46. The second kappa shape index (κ2) is 7.20. The van der Waals surface area contributed by atoms with E-state index in [1.807, 2.05) is 30.3 Å². The Balaban J connectivity index is 2.01. The van der Waals surface area contributed by atoms with Crippen molar-refractivity contribution < 1.29 is 0 Å². The van der Waals surface area contributed by atoms with E-state index in [1.54, 1.807) is 0 Å². The molecule has 0 aliphatic heterocycles. The summed E-state index contributed by atoms with van der Waals surface area (Å²) in [6, 6.07) is 20.4. The van der Waals surface area contributed by atoms with Crippen LogP contribution in [0.2, 0.25) is 0 Å². The van der Waals surface area contributed by atoms with Crippen LogP contribution < -0.4 is 10.6 Å². The lowest BCUT2D eigenvalue weighted by atomic mass is 10.1. The fourth-order valence-electron chi connectivity index (χ4n) is 2.14. The highest BCUT2D eigenvalue weighted by atomic mass is 15.1. The molecule has 20 heavy (non-hydrogen) atoms. The Morgan fingerprint density at radius 1 is 0.950 bits per heavy atom. The Labute approximate surface area is 120 Å². The van der Waals surface area contributed by atoms with Crippen molar-refractivity contribution >= 4 is 11.4 Å². The number of hydrogen-bond acceptors (Lipinski definition) is 3. The summed E-state index contributed by atoms with van der Waals surface area (Å²) in [5, 5.41) is 8.79. The first-order valence-corrected chi connectivity index (χ1v) is 6.81. The maximum absolute atomic E-state index is 8.79. The first kappa shape index (κ1) is 14.0. The van der Waals surface area contributed by atoms with E-state index in [-0.39, 0.29) is 0 Å². The van der Waals surface area contributed by atoms with Crippen molar-refractivity contribution in [3.8, 4) is 6.07 Å². The van der Waals surface area contributed by atoms with E-state index < -0.39 is 0 Å². The zero-order valence-corrected chi connectivity index (χ0v) is 11.5. The third kappa shape index (κ3) is 4.03. The molecule has 2 aromatic carbocycles. The number of nitrogens with zero attached hydrogens (tertiary/aromatic N) is 2. The Morgan fingerprint density at radius 3 is 2.30 bits per heavy atom. The SMILES string of the molecule is N#CCCN(CCc1ccc(N)cc1)c1ccccc1. The summed E-state index contributed by atoms with van der Waals surface area (Å²) in [5.74, 6) is 0. The number of nitriles is 1. The third-order valence-corrected chi connectivity index (χ3v) is 3.26. The number of rotatable bonds is 6. The number of hydrogen-bond donors (Lipinski definition) is 1. The molecule has 3 nitrogen and oxygen atoms in total. The molecule has 3 heteroatoms. The van der Waals surface area contributed by atoms with Crippen molar-refractivity contribution in [3.63, 3.8) is 0 Å². The van der Waals surface area contributed by atoms with Crippen molar-refractivity contribution in [3.05, 3.63) is 60.2 Å². The summed E-state index contributed by atoms with van der Waals surface area (Å²) in [6.45, 7) is 1.66. The first-order chi connectivity index (χ1) is 9.79. The predicted octanol–water partition coefficient (Wildman–Crippen LogP) is 3.23. The van der Waals surface area contributed by atoms with Crippen LogP contribution >= 0.6 is 0 Å². The summed E-state index contributed by atoms with van der Waals surface area (Å²) in [6.07, 6.45) is 1.48. The Bertz CT molecular complexity index is 555. The number of nitrogens with two attached hydrogens (primary N) is 1. The van der Waals surface area contributed by atoms with Crippen molar-refractivity contribution in [1.29, 1.82) is 5.26 Å². The zero-order valence-electron chi connectivity index (χ0n) is 11.5. The second-order valence-electron chi connectivity index (χ2n) is 4.72. The highest BCUT2D eigenvalue weighted by Gasteiger charge is 2.06. The van der Waals surface area contributed by atoms with E-state index in [2.05, 4.69) is 35.2 Å². The van der Waals surface area contributed by atoms with Crippen LogP contribution in [0, 0.1) is 11.3 Å². The van der Waals surface area contributed by atoms with E-state index in [9.17, 15) is 0 Å². The quantitative estimate of drug-likeness (QED) is 0.816. The van der Waals surface area contributed by atoms with Gasteiger partial charge in [0.2, 0.25) is 0 Å². The monoisotopic (exact) mass is 265 g/mol. The number of para-hydroxylation sites is 1. The minimum absolute atomic E-state index is 0.538. The van der Waals surface area contributed by atoms with Crippen LogP contribution in [0.25, 0.3) is 0 Å². The summed E-state index contributed by atoms with van der Waals surface area (Å²) in [4.78, 5) is 2.25. The van der Waals surface area contributed by atoms with Gasteiger partial charge in [0.1, 0.15) is 0 Å². The molecule has 2 aromatic rings. The van der Waals surface area contributed by atoms with Crippen molar-refractivity contribution in [2.45, 2.75) is 12.8 Å². The maximum atomic E-state index is 8.79. The van der Waals surface area contributed by atoms with E-state index >= 15 is 0 Å². The molecule has 0 aliphatic rings. The van der Waals surface area contributed by atoms with Crippen LogP contribution in [0.1, 0.15) is 12.0 Å². The van der Waals surface area contributed by atoms with Gasteiger partial charge in [-0.25, -0.2) is 0 Å². The van der Waals surface area contributed by atoms with Crippen LogP contribution in [-0.2, 0) is 6.42 Å². The van der Waals surface area contributed by atoms with E-state index in [4.69, 9.17) is 11.0 Å². The molecular formula is C17H19N3. The van der Waals surface area contributed by atoms with E-state index in [0.29, 0.717) is 6.42 Å². The normalized spacial score (nSPS) is 9.95. The highest BCUT2D eigenvalue weighted by Crippen LogP contribution is 2.15. The van der Waals surface area contributed by atoms with Gasteiger partial charge in [-0.15, -0.1) is 0 Å². The van der Waals surface area contributed by atoms with E-state index in [0.717, 1.165) is 30.9 Å². The van der Waals surface area contributed by atoms with E-state index in [1.165, 1.54) is 5.56 Å². The van der Waals surface area contributed by atoms with Gasteiger partial charge >= 0.3 is 0 Å². The molecule has 0 bridgehead atoms. The molecule has 0 saturated carbocycles. The van der Waals surface area contributed by atoms with Gasteiger partial charge in [-0.3, -0.25) is 0 Å². The van der Waals surface area contributed by atoms with Gasteiger partial charge in [0.05, 0.1) is 12.5 Å². The molecule has 0 unspecified atom stereocenters.